The first-order valence-corrected chi connectivity index (χ1v) is 7.20. The number of hydrogen-bond acceptors (Lipinski definition) is 4. The number of nitrogens with one attached hydrogen (secondary N) is 1. The van der Waals surface area contributed by atoms with E-state index in [9.17, 15) is 0 Å². The van der Waals surface area contributed by atoms with Crippen LogP contribution in [0.25, 0.3) is 0 Å². The standard InChI is InChI=1S/C14H22ClN3O/c1-4-16-8-11-7-12(15)14(17-9-11)18(3)13-5-6-19-10(13)2/h7,9-10,13,16H,4-6,8H2,1-3H3. The predicted molar refractivity (Wildman–Crippen MR) is 78.8 cm³/mol. The van der Waals surface area contributed by atoms with Crippen LogP contribution in [0.2, 0.25) is 5.02 Å². The minimum absolute atomic E-state index is 0.226. The lowest BCUT2D eigenvalue weighted by Gasteiger charge is -2.28. The lowest BCUT2D eigenvalue weighted by atomic mass is 10.1. The van der Waals surface area contributed by atoms with Gasteiger partial charge in [-0.2, -0.15) is 0 Å². The highest BCUT2D eigenvalue weighted by molar-refractivity contribution is 6.33. The molecule has 0 saturated carbocycles. The van der Waals surface area contributed by atoms with Crippen LogP contribution in [0.1, 0.15) is 25.8 Å². The van der Waals surface area contributed by atoms with Crippen molar-refractivity contribution in [2.24, 2.45) is 0 Å². The molecular formula is C14H22ClN3O. The molecule has 2 heterocycles. The van der Waals surface area contributed by atoms with Crippen molar-refractivity contribution < 1.29 is 4.74 Å². The van der Waals surface area contributed by atoms with E-state index in [-0.39, 0.29) is 6.10 Å². The monoisotopic (exact) mass is 283 g/mol. The number of ether oxygens (including phenoxy) is 1. The van der Waals surface area contributed by atoms with Crippen LogP contribution in [0.3, 0.4) is 0 Å². The molecule has 106 valence electrons. The second-order valence-corrected chi connectivity index (χ2v) is 5.38. The van der Waals surface area contributed by atoms with Crippen molar-refractivity contribution in [3.05, 3.63) is 22.8 Å². The Morgan fingerprint density at radius 1 is 1.58 bits per heavy atom. The molecule has 1 aliphatic heterocycles. The molecule has 0 bridgehead atoms. The van der Waals surface area contributed by atoms with Crippen LogP contribution in [0, 0.1) is 0 Å². The Labute approximate surface area is 120 Å². The number of rotatable bonds is 5. The van der Waals surface area contributed by atoms with Crippen molar-refractivity contribution in [1.82, 2.24) is 10.3 Å². The first kappa shape index (κ1) is 14.6. The van der Waals surface area contributed by atoms with Crippen LogP contribution in [-0.4, -0.2) is 37.3 Å². The molecule has 2 atom stereocenters. The molecule has 1 aromatic heterocycles. The fraction of sp³-hybridized carbons (Fsp3) is 0.643. The minimum Gasteiger partial charge on any atom is -0.376 e. The molecule has 2 unspecified atom stereocenters. The van der Waals surface area contributed by atoms with E-state index in [0.717, 1.165) is 37.5 Å². The SMILES string of the molecule is CCNCc1cnc(N(C)C2CCOC2C)c(Cl)c1. The average molecular weight is 284 g/mol. The largest absolute Gasteiger partial charge is 0.376 e. The fourth-order valence-electron chi connectivity index (χ4n) is 2.48. The van der Waals surface area contributed by atoms with Crippen molar-refractivity contribution in [2.45, 2.75) is 39.0 Å². The second-order valence-electron chi connectivity index (χ2n) is 4.97. The molecule has 1 saturated heterocycles. The van der Waals surface area contributed by atoms with Gasteiger partial charge in [0.25, 0.3) is 0 Å². The van der Waals surface area contributed by atoms with Crippen LogP contribution in [0.5, 0.6) is 0 Å². The van der Waals surface area contributed by atoms with Gasteiger partial charge in [0.1, 0.15) is 5.82 Å². The van der Waals surface area contributed by atoms with Gasteiger partial charge in [0.2, 0.25) is 0 Å². The molecule has 1 fully saturated rings. The first-order chi connectivity index (χ1) is 9.13. The van der Waals surface area contributed by atoms with Crippen LogP contribution in [-0.2, 0) is 11.3 Å². The van der Waals surface area contributed by atoms with Gasteiger partial charge in [0, 0.05) is 26.4 Å². The molecule has 0 aromatic carbocycles. The summed E-state index contributed by atoms with van der Waals surface area (Å²) >= 11 is 6.36. The summed E-state index contributed by atoms with van der Waals surface area (Å²) < 4.78 is 5.60. The maximum absolute atomic E-state index is 6.36. The van der Waals surface area contributed by atoms with Crippen molar-refractivity contribution in [2.75, 3.05) is 25.1 Å². The van der Waals surface area contributed by atoms with Gasteiger partial charge in [-0.05, 0) is 31.5 Å². The highest BCUT2D eigenvalue weighted by atomic mass is 35.5. The van der Waals surface area contributed by atoms with E-state index in [0.29, 0.717) is 11.1 Å². The zero-order valence-corrected chi connectivity index (χ0v) is 12.6. The van der Waals surface area contributed by atoms with Crippen molar-refractivity contribution >= 4 is 17.4 Å². The Hall–Kier alpha value is -0.840. The second kappa shape index (κ2) is 6.55. The maximum atomic E-state index is 6.36. The Morgan fingerprint density at radius 2 is 2.37 bits per heavy atom. The Morgan fingerprint density at radius 3 is 2.95 bits per heavy atom. The minimum atomic E-state index is 0.226. The quantitative estimate of drug-likeness (QED) is 0.901. The zero-order valence-electron chi connectivity index (χ0n) is 11.8. The lowest BCUT2D eigenvalue weighted by Crippen LogP contribution is -2.37. The molecule has 2 rings (SSSR count). The first-order valence-electron chi connectivity index (χ1n) is 6.83. The van der Waals surface area contributed by atoms with Gasteiger partial charge in [0.05, 0.1) is 17.2 Å². The highest BCUT2D eigenvalue weighted by Crippen LogP contribution is 2.28. The molecule has 5 heteroatoms. The summed E-state index contributed by atoms with van der Waals surface area (Å²) in [6, 6.07) is 2.34. The number of likely N-dealkylation sites (N-methyl/N-ethyl adjacent to an activating group) is 1. The highest BCUT2D eigenvalue weighted by Gasteiger charge is 2.29. The van der Waals surface area contributed by atoms with E-state index < -0.39 is 0 Å². The predicted octanol–water partition coefficient (Wildman–Crippen LogP) is 2.46. The molecular weight excluding hydrogens is 262 g/mol. The van der Waals surface area contributed by atoms with Crippen LogP contribution in [0.4, 0.5) is 5.82 Å². The third-order valence-electron chi connectivity index (χ3n) is 3.63. The van der Waals surface area contributed by atoms with Crippen LogP contribution >= 0.6 is 11.6 Å². The Bertz CT molecular complexity index is 427. The van der Waals surface area contributed by atoms with Gasteiger partial charge < -0.3 is 15.0 Å². The fourth-order valence-corrected chi connectivity index (χ4v) is 2.80. The van der Waals surface area contributed by atoms with E-state index in [4.69, 9.17) is 16.3 Å². The molecule has 1 aliphatic rings. The van der Waals surface area contributed by atoms with Gasteiger partial charge in [-0.3, -0.25) is 0 Å². The van der Waals surface area contributed by atoms with E-state index in [1.165, 1.54) is 0 Å². The van der Waals surface area contributed by atoms with Gasteiger partial charge in [-0.25, -0.2) is 4.98 Å². The average Bonchev–Trinajstić information content (AvgIpc) is 2.82. The van der Waals surface area contributed by atoms with Crippen LogP contribution < -0.4 is 10.2 Å². The van der Waals surface area contributed by atoms with Crippen LogP contribution in [0.15, 0.2) is 12.3 Å². The van der Waals surface area contributed by atoms with Gasteiger partial charge in [0.15, 0.2) is 0 Å². The number of pyridine rings is 1. The number of nitrogens with zero attached hydrogens (tertiary/aromatic N) is 2. The number of halogens is 1. The van der Waals surface area contributed by atoms with Crippen molar-refractivity contribution in [1.29, 1.82) is 0 Å². The summed E-state index contributed by atoms with van der Waals surface area (Å²) in [5.74, 6) is 0.837. The number of hydrogen-bond donors (Lipinski definition) is 1. The molecule has 4 nitrogen and oxygen atoms in total. The van der Waals surface area contributed by atoms with E-state index in [2.05, 4.69) is 29.0 Å². The van der Waals surface area contributed by atoms with E-state index in [1.54, 1.807) is 0 Å². The van der Waals surface area contributed by atoms with Gasteiger partial charge in [-0.15, -0.1) is 0 Å². The molecule has 1 aromatic rings. The summed E-state index contributed by atoms with van der Waals surface area (Å²) in [6.45, 7) is 6.74. The summed E-state index contributed by atoms with van der Waals surface area (Å²) in [7, 11) is 2.04. The summed E-state index contributed by atoms with van der Waals surface area (Å²) in [5.41, 5.74) is 1.11. The lowest BCUT2D eigenvalue weighted by molar-refractivity contribution is 0.118. The maximum Gasteiger partial charge on any atom is 0.147 e. The summed E-state index contributed by atoms with van der Waals surface area (Å²) in [6.07, 6.45) is 3.14. The molecule has 19 heavy (non-hydrogen) atoms. The van der Waals surface area contributed by atoms with E-state index in [1.807, 2.05) is 19.3 Å². The van der Waals surface area contributed by atoms with E-state index >= 15 is 0 Å². The third-order valence-corrected chi connectivity index (χ3v) is 3.90. The molecule has 0 amide bonds. The molecule has 1 N–H and O–H groups in total. The molecule has 0 radical (unpaired) electrons. The Kier molecular flexibility index (Phi) is 5.02. The smallest absolute Gasteiger partial charge is 0.147 e. The van der Waals surface area contributed by atoms with Crippen molar-refractivity contribution in [3.63, 3.8) is 0 Å². The van der Waals surface area contributed by atoms with Gasteiger partial charge in [-0.1, -0.05) is 18.5 Å². The topological polar surface area (TPSA) is 37.4 Å². The zero-order chi connectivity index (χ0) is 13.8. The normalized spacial score (nSPS) is 22.7. The van der Waals surface area contributed by atoms with Gasteiger partial charge >= 0.3 is 0 Å². The Balaban J connectivity index is 2.11. The summed E-state index contributed by atoms with van der Waals surface area (Å²) in [4.78, 5) is 6.64. The molecule has 0 aliphatic carbocycles. The molecule has 0 spiro atoms. The third kappa shape index (κ3) is 3.38. The van der Waals surface area contributed by atoms with Crippen molar-refractivity contribution in [3.8, 4) is 0 Å². The summed E-state index contributed by atoms with van der Waals surface area (Å²) in [5, 5.41) is 3.98. The number of aromatic nitrogens is 1. The number of anilines is 1.